The molecular formula is C18H23FN2O4S2. The maximum atomic E-state index is 13.2. The van der Waals surface area contributed by atoms with Crippen LogP contribution in [0.5, 0.6) is 0 Å². The number of halogens is 1. The molecule has 0 aliphatic heterocycles. The van der Waals surface area contributed by atoms with Crippen LogP contribution in [0, 0.1) is 5.82 Å². The zero-order valence-electron chi connectivity index (χ0n) is 15.2. The molecular weight excluding hydrogens is 391 g/mol. The Hall–Kier alpha value is -2.00. The number of hydrogen-bond donors (Lipinski definition) is 1. The number of amides is 1. The Morgan fingerprint density at radius 1 is 1.30 bits per heavy atom. The predicted octanol–water partition coefficient (Wildman–Crippen LogP) is 3.01. The maximum Gasteiger partial charge on any atom is 0.243 e. The summed E-state index contributed by atoms with van der Waals surface area (Å²) in [7, 11) is -3.72. The molecule has 1 heterocycles. The molecule has 0 bridgehead atoms. The zero-order chi connectivity index (χ0) is 19.9. The van der Waals surface area contributed by atoms with Gasteiger partial charge in [0.05, 0.1) is 24.0 Å². The number of sulfonamides is 1. The van der Waals surface area contributed by atoms with Crippen LogP contribution < -0.4 is 9.62 Å². The lowest BCUT2D eigenvalue weighted by atomic mass is 10.2. The van der Waals surface area contributed by atoms with Crippen LogP contribution in [-0.2, 0) is 20.6 Å². The van der Waals surface area contributed by atoms with Crippen molar-refractivity contribution in [3.05, 3.63) is 54.2 Å². The molecule has 0 saturated heterocycles. The molecule has 0 aliphatic rings. The van der Waals surface area contributed by atoms with Crippen LogP contribution in [-0.4, -0.2) is 38.9 Å². The molecule has 148 valence electrons. The van der Waals surface area contributed by atoms with Gasteiger partial charge in [-0.3, -0.25) is 9.10 Å². The van der Waals surface area contributed by atoms with E-state index in [2.05, 4.69) is 5.32 Å². The highest BCUT2D eigenvalue weighted by molar-refractivity contribution is 7.98. The number of nitrogens with one attached hydrogen (secondary N) is 1. The number of benzene rings is 1. The molecule has 2 rings (SSSR count). The SMILES string of the molecule is CCC(C(=O)NCCSCc1ccco1)N(c1ccc(F)cc1)S(C)(=O)=O. The molecule has 1 aromatic carbocycles. The Bertz CT molecular complexity index is 824. The van der Waals surface area contributed by atoms with E-state index in [-0.39, 0.29) is 18.0 Å². The van der Waals surface area contributed by atoms with Crippen molar-refractivity contribution in [3.63, 3.8) is 0 Å². The fraction of sp³-hybridized carbons (Fsp3) is 0.389. The summed E-state index contributed by atoms with van der Waals surface area (Å²) in [6.45, 7) is 2.14. The van der Waals surface area contributed by atoms with Gasteiger partial charge in [-0.2, -0.15) is 11.8 Å². The minimum Gasteiger partial charge on any atom is -0.468 e. The van der Waals surface area contributed by atoms with Crippen LogP contribution in [0.15, 0.2) is 47.1 Å². The van der Waals surface area contributed by atoms with E-state index in [9.17, 15) is 17.6 Å². The number of anilines is 1. The van der Waals surface area contributed by atoms with Crippen LogP contribution in [0.2, 0.25) is 0 Å². The van der Waals surface area contributed by atoms with E-state index < -0.39 is 21.9 Å². The van der Waals surface area contributed by atoms with E-state index >= 15 is 0 Å². The molecule has 9 heteroatoms. The van der Waals surface area contributed by atoms with Gasteiger partial charge in [0.1, 0.15) is 17.6 Å². The first-order valence-corrected chi connectivity index (χ1v) is 11.5. The fourth-order valence-electron chi connectivity index (χ4n) is 2.58. The van der Waals surface area contributed by atoms with Gasteiger partial charge < -0.3 is 9.73 Å². The predicted molar refractivity (Wildman–Crippen MR) is 106 cm³/mol. The number of hydrogen-bond acceptors (Lipinski definition) is 5. The van der Waals surface area contributed by atoms with Crippen LogP contribution in [0.4, 0.5) is 10.1 Å². The maximum absolute atomic E-state index is 13.2. The average Bonchev–Trinajstić information content (AvgIpc) is 3.12. The number of furan rings is 1. The number of rotatable bonds is 10. The van der Waals surface area contributed by atoms with Gasteiger partial charge in [0.2, 0.25) is 15.9 Å². The van der Waals surface area contributed by atoms with Gasteiger partial charge in [-0.25, -0.2) is 12.8 Å². The van der Waals surface area contributed by atoms with E-state index in [4.69, 9.17) is 4.42 Å². The smallest absolute Gasteiger partial charge is 0.243 e. The lowest BCUT2D eigenvalue weighted by Gasteiger charge is -2.30. The van der Waals surface area contributed by atoms with Gasteiger partial charge >= 0.3 is 0 Å². The van der Waals surface area contributed by atoms with Crippen molar-refractivity contribution >= 4 is 33.4 Å². The molecule has 6 nitrogen and oxygen atoms in total. The number of carbonyl (C=O) groups is 1. The Labute approximate surface area is 163 Å². The van der Waals surface area contributed by atoms with Crippen molar-refractivity contribution in [1.82, 2.24) is 5.32 Å². The third-order valence-electron chi connectivity index (χ3n) is 3.78. The highest BCUT2D eigenvalue weighted by atomic mass is 32.2. The summed E-state index contributed by atoms with van der Waals surface area (Å²) in [5.41, 5.74) is 0.257. The number of carbonyl (C=O) groups excluding carboxylic acids is 1. The van der Waals surface area contributed by atoms with Gasteiger partial charge in [-0.1, -0.05) is 6.92 Å². The first-order chi connectivity index (χ1) is 12.8. The lowest BCUT2D eigenvalue weighted by Crippen LogP contribution is -2.49. The van der Waals surface area contributed by atoms with Crippen molar-refractivity contribution in [1.29, 1.82) is 0 Å². The minimum absolute atomic E-state index is 0.257. The highest BCUT2D eigenvalue weighted by Gasteiger charge is 2.31. The molecule has 0 fully saturated rings. The van der Waals surface area contributed by atoms with Gasteiger partial charge in [-0.15, -0.1) is 0 Å². The third-order valence-corrected chi connectivity index (χ3v) is 5.94. The summed E-state index contributed by atoms with van der Waals surface area (Å²) in [6, 6.07) is 7.84. The summed E-state index contributed by atoms with van der Waals surface area (Å²) in [5, 5.41) is 2.78. The largest absolute Gasteiger partial charge is 0.468 e. The molecule has 0 saturated carbocycles. The molecule has 0 spiro atoms. The number of nitrogens with zero attached hydrogens (tertiary/aromatic N) is 1. The first kappa shape index (κ1) is 21.3. The minimum atomic E-state index is -3.72. The van der Waals surface area contributed by atoms with Gasteiger partial charge in [-0.05, 0) is 42.8 Å². The Balaban J connectivity index is 1.98. The van der Waals surface area contributed by atoms with Gasteiger partial charge in [0.25, 0.3) is 0 Å². The zero-order valence-corrected chi connectivity index (χ0v) is 16.9. The molecule has 2 aromatic rings. The van der Waals surface area contributed by atoms with Crippen molar-refractivity contribution in [2.75, 3.05) is 22.9 Å². The van der Waals surface area contributed by atoms with E-state index in [1.54, 1.807) is 24.9 Å². The van der Waals surface area contributed by atoms with Crippen molar-refractivity contribution < 1.29 is 22.0 Å². The molecule has 1 amide bonds. The molecule has 1 unspecified atom stereocenters. The quantitative estimate of drug-likeness (QED) is 0.605. The second-order valence-corrected chi connectivity index (χ2v) is 8.85. The Morgan fingerprint density at radius 3 is 2.56 bits per heavy atom. The highest BCUT2D eigenvalue weighted by Crippen LogP contribution is 2.22. The van der Waals surface area contributed by atoms with E-state index in [1.807, 2.05) is 12.1 Å². The topological polar surface area (TPSA) is 79.6 Å². The van der Waals surface area contributed by atoms with Crippen molar-refractivity contribution in [3.8, 4) is 0 Å². The second-order valence-electron chi connectivity index (χ2n) is 5.88. The van der Waals surface area contributed by atoms with Crippen LogP contribution in [0.25, 0.3) is 0 Å². The first-order valence-electron chi connectivity index (χ1n) is 8.45. The Morgan fingerprint density at radius 2 is 2.00 bits per heavy atom. The van der Waals surface area contributed by atoms with E-state index in [1.165, 1.54) is 24.3 Å². The standard InChI is InChI=1S/C18H23FN2O4S2/c1-3-17(18(22)20-10-12-26-13-16-5-4-11-25-16)21(27(2,23)24)15-8-6-14(19)7-9-15/h4-9,11,17H,3,10,12-13H2,1-2H3,(H,20,22). The van der Waals surface area contributed by atoms with Crippen LogP contribution in [0.3, 0.4) is 0 Å². The van der Waals surface area contributed by atoms with Gasteiger partial charge in [0, 0.05) is 12.3 Å². The molecule has 1 atom stereocenters. The molecule has 1 N–H and O–H groups in total. The Kier molecular flexibility index (Phi) is 7.73. The van der Waals surface area contributed by atoms with E-state index in [0.29, 0.717) is 18.1 Å². The molecule has 0 aliphatic carbocycles. The lowest BCUT2D eigenvalue weighted by molar-refractivity contribution is -0.122. The third kappa shape index (κ3) is 6.28. The van der Waals surface area contributed by atoms with E-state index in [0.717, 1.165) is 16.3 Å². The normalized spacial score (nSPS) is 12.6. The monoisotopic (exact) mass is 414 g/mol. The molecule has 1 aromatic heterocycles. The summed E-state index contributed by atoms with van der Waals surface area (Å²) < 4.78 is 44.0. The van der Waals surface area contributed by atoms with Gasteiger partial charge in [0.15, 0.2) is 0 Å². The number of thioether (sulfide) groups is 1. The summed E-state index contributed by atoms with van der Waals surface area (Å²) >= 11 is 1.60. The van der Waals surface area contributed by atoms with Crippen molar-refractivity contribution in [2.45, 2.75) is 25.1 Å². The average molecular weight is 415 g/mol. The van der Waals surface area contributed by atoms with Crippen LogP contribution in [0.1, 0.15) is 19.1 Å². The summed E-state index contributed by atoms with van der Waals surface area (Å²) in [5.74, 6) is 1.37. The molecule has 0 radical (unpaired) electrons. The van der Waals surface area contributed by atoms with Crippen molar-refractivity contribution in [2.24, 2.45) is 0 Å². The summed E-state index contributed by atoms with van der Waals surface area (Å²) in [6.07, 6.45) is 2.93. The second kappa shape index (κ2) is 9.80. The molecule has 27 heavy (non-hydrogen) atoms. The summed E-state index contributed by atoms with van der Waals surface area (Å²) in [4.78, 5) is 12.6. The van der Waals surface area contributed by atoms with Crippen LogP contribution >= 0.6 is 11.8 Å². The fourth-order valence-corrected chi connectivity index (χ4v) is 4.55.